The van der Waals surface area contributed by atoms with Gasteiger partial charge in [0, 0.05) is 0 Å². The molecule has 0 amide bonds. The third kappa shape index (κ3) is 1.92. The molecule has 1 aliphatic carbocycles. The second-order valence-corrected chi connectivity index (χ2v) is 5.02. The van der Waals surface area contributed by atoms with Crippen molar-refractivity contribution < 1.29 is 4.79 Å². The van der Waals surface area contributed by atoms with E-state index in [2.05, 4.69) is 24.3 Å². The number of carbonyl (C=O) groups is 1. The van der Waals surface area contributed by atoms with Crippen molar-refractivity contribution in [2.45, 2.75) is 12.3 Å². The lowest BCUT2D eigenvalue weighted by Gasteiger charge is -2.23. The molecule has 98 valence electrons. The highest BCUT2D eigenvalue weighted by Gasteiger charge is 2.35. The highest BCUT2D eigenvalue weighted by Crippen LogP contribution is 2.31. The van der Waals surface area contributed by atoms with Crippen molar-refractivity contribution in [1.29, 1.82) is 0 Å². The van der Waals surface area contributed by atoms with Gasteiger partial charge in [0.25, 0.3) is 0 Å². The van der Waals surface area contributed by atoms with E-state index >= 15 is 0 Å². The summed E-state index contributed by atoms with van der Waals surface area (Å²) in [7, 11) is 0. The molecule has 0 N–H and O–H groups in total. The average molecular weight is 260 g/mol. The van der Waals surface area contributed by atoms with Gasteiger partial charge in [-0.25, -0.2) is 0 Å². The number of ketones is 1. The summed E-state index contributed by atoms with van der Waals surface area (Å²) in [4.78, 5) is 12.7. The largest absolute Gasteiger partial charge is 0.293 e. The third-order valence-corrected chi connectivity index (χ3v) is 3.74. The molecule has 3 rings (SSSR count). The summed E-state index contributed by atoms with van der Waals surface area (Å²) >= 11 is 0. The van der Waals surface area contributed by atoms with Crippen LogP contribution in [0.5, 0.6) is 0 Å². The summed E-state index contributed by atoms with van der Waals surface area (Å²) in [6.45, 7) is 1.87. The molecule has 0 aliphatic heterocycles. The molecule has 0 atom stereocenters. The van der Waals surface area contributed by atoms with Crippen molar-refractivity contribution in [3.8, 4) is 0 Å². The van der Waals surface area contributed by atoms with Gasteiger partial charge in [-0.1, -0.05) is 72.8 Å². The monoisotopic (exact) mass is 260 g/mol. The van der Waals surface area contributed by atoms with Gasteiger partial charge in [-0.3, -0.25) is 4.79 Å². The van der Waals surface area contributed by atoms with Gasteiger partial charge in [-0.05, 0) is 29.0 Å². The zero-order valence-corrected chi connectivity index (χ0v) is 11.4. The fourth-order valence-corrected chi connectivity index (χ4v) is 2.76. The Hall–Kier alpha value is -2.41. The third-order valence-electron chi connectivity index (χ3n) is 3.74. The van der Waals surface area contributed by atoms with E-state index in [1.165, 1.54) is 0 Å². The van der Waals surface area contributed by atoms with Crippen molar-refractivity contribution in [2.24, 2.45) is 0 Å². The standard InChI is InChI=1S/C19H16O/c1-2-8-18(20)19(17-11-4-3-5-12-17)13-15-9-6-7-10-16(15)14-19/h2-14H,1H3/b8-2+. The number of fused-ring (bicyclic) bond motifs is 1. The van der Waals surface area contributed by atoms with E-state index in [-0.39, 0.29) is 5.78 Å². The van der Waals surface area contributed by atoms with E-state index < -0.39 is 5.41 Å². The predicted molar refractivity (Wildman–Crippen MR) is 82.6 cm³/mol. The van der Waals surface area contributed by atoms with Crippen molar-refractivity contribution in [3.05, 3.63) is 82.8 Å². The molecule has 20 heavy (non-hydrogen) atoms. The molecular weight excluding hydrogens is 244 g/mol. The van der Waals surface area contributed by atoms with Crippen molar-refractivity contribution >= 4 is 17.9 Å². The van der Waals surface area contributed by atoms with Crippen LogP contribution in [0.3, 0.4) is 0 Å². The van der Waals surface area contributed by atoms with Crippen molar-refractivity contribution in [1.82, 2.24) is 0 Å². The zero-order chi connectivity index (χ0) is 14.0. The molecule has 2 aromatic carbocycles. The Morgan fingerprint density at radius 2 is 1.45 bits per heavy atom. The quantitative estimate of drug-likeness (QED) is 0.774. The Balaban J connectivity index is 2.28. The maximum atomic E-state index is 12.7. The number of carbonyl (C=O) groups excluding carboxylic acids is 1. The van der Waals surface area contributed by atoms with Crippen molar-refractivity contribution in [3.63, 3.8) is 0 Å². The molecule has 1 nitrogen and oxygen atoms in total. The molecule has 1 heteroatoms. The molecule has 0 spiro atoms. The van der Waals surface area contributed by atoms with Crippen LogP contribution in [-0.4, -0.2) is 5.78 Å². The number of benzene rings is 2. The Kier molecular flexibility index (Phi) is 3.11. The Morgan fingerprint density at radius 3 is 2.00 bits per heavy atom. The van der Waals surface area contributed by atoms with Crippen LogP contribution in [0, 0.1) is 0 Å². The van der Waals surface area contributed by atoms with Gasteiger partial charge < -0.3 is 0 Å². The van der Waals surface area contributed by atoms with Gasteiger partial charge in [0.15, 0.2) is 5.78 Å². The Morgan fingerprint density at radius 1 is 0.900 bits per heavy atom. The van der Waals surface area contributed by atoms with Crippen LogP contribution in [0.4, 0.5) is 0 Å². The SMILES string of the molecule is C/C=C/C(=O)C1(c2ccccc2)C=c2ccccc2=C1. The molecule has 0 aromatic heterocycles. The maximum absolute atomic E-state index is 12.7. The Bertz CT molecular complexity index is 747. The summed E-state index contributed by atoms with van der Waals surface area (Å²) in [6, 6.07) is 18.1. The van der Waals surface area contributed by atoms with Crippen LogP contribution in [0.2, 0.25) is 0 Å². The van der Waals surface area contributed by atoms with Gasteiger partial charge in [0.1, 0.15) is 0 Å². The van der Waals surface area contributed by atoms with Gasteiger partial charge >= 0.3 is 0 Å². The lowest BCUT2D eigenvalue weighted by Crippen LogP contribution is -2.28. The van der Waals surface area contributed by atoms with Gasteiger partial charge in [-0.15, -0.1) is 0 Å². The van der Waals surface area contributed by atoms with Crippen LogP contribution >= 0.6 is 0 Å². The van der Waals surface area contributed by atoms with Crippen LogP contribution in [-0.2, 0) is 10.2 Å². The molecule has 0 saturated carbocycles. The first kappa shape index (κ1) is 12.6. The first-order chi connectivity index (χ1) is 9.76. The highest BCUT2D eigenvalue weighted by molar-refractivity contribution is 6.10. The summed E-state index contributed by atoms with van der Waals surface area (Å²) < 4.78 is 0. The Labute approximate surface area is 118 Å². The summed E-state index contributed by atoms with van der Waals surface area (Å²) in [6.07, 6.45) is 7.60. The number of hydrogen-bond donors (Lipinski definition) is 0. The van der Waals surface area contributed by atoms with Crippen LogP contribution in [0.1, 0.15) is 12.5 Å². The number of rotatable bonds is 3. The van der Waals surface area contributed by atoms with Crippen LogP contribution in [0.25, 0.3) is 12.2 Å². The van der Waals surface area contributed by atoms with Gasteiger partial charge in [0.2, 0.25) is 0 Å². The summed E-state index contributed by atoms with van der Waals surface area (Å²) in [5, 5.41) is 2.24. The van der Waals surface area contributed by atoms with Crippen molar-refractivity contribution in [2.75, 3.05) is 0 Å². The van der Waals surface area contributed by atoms with E-state index in [1.807, 2.05) is 49.4 Å². The molecule has 0 heterocycles. The van der Waals surface area contributed by atoms with Gasteiger partial charge in [0.05, 0.1) is 5.41 Å². The summed E-state index contributed by atoms with van der Waals surface area (Å²) in [5.74, 6) is 0.0994. The fraction of sp³-hybridized carbons (Fsp3) is 0.105. The normalized spacial score (nSPS) is 15.4. The molecule has 0 bridgehead atoms. The first-order valence-corrected chi connectivity index (χ1v) is 6.80. The maximum Gasteiger partial charge on any atom is 0.173 e. The molecule has 2 aromatic rings. The molecule has 0 fully saturated rings. The van der Waals surface area contributed by atoms with Crippen LogP contribution < -0.4 is 10.4 Å². The predicted octanol–water partition coefficient (Wildman–Crippen LogP) is 2.34. The average Bonchev–Trinajstić information content (AvgIpc) is 2.89. The molecular formula is C19H16O. The second kappa shape index (κ2) is 4.93. The minimum Gasteiger partial charge on any atom is -0.293 e. The number of hydrogen-bond acceptors (Lipinski definition) is 1. The molecule has 0 unspecified atom stereocenters. The van der Waals surface area contributed by atoms with E-state index in [4.69, 9.17) is 0 Å². The van der Waals surface area contributed by atoms with E-state index in [9.17, 15) is 4.79 Å². The molecule has 1 aliphatic rings. The lowest BCUT2D eigenvalue weighted by molar-refractivity contribution is -0.116. The van der Waals surface area contributed by atoms with Gasteiger partial charge in [-0.2, -0.15) is 0 Å². The van der Waals surface area contributed by atoms with E-state index in [1.54, 1.807) is 12.2 Å². The fourth-order valence-electron chi connectivity index (χ4n) is 2.76. The van der Waals surface area contributed by atoms with Crippen LogP contribution in [0.15, 0.2) is 66.7 Å². The number of allylic oxidation sites excluding steroid dienone is 2. The highest BCUT2D eigenvalue weighted by atomic mass is 16.1. The summed E-state index contributed by atoms with van der Waals surface area (Å²) in [5.41, 5.74) is 0.344. The minimum atomic E-state index is -0.669. The lowest BCUT2D eigenvalue weighted by atomic mass is 9.77. The topological polar surface area (TPSA) is 17.1 Å². The van der Waals surface area contributed by atoms with E-state index in [0.29, 0.717) is 0 Å². The first-order valence-electron chi connectivity index (χ1n) is 6.80. The zero-order valence-electron chi connectivity index (χ0n) is 11.4. The second-order valence-electron chi connectivity index (χ2n) is 5.02. The van der Waals surface area contributed by atoms with E-state index in [0.717, 1.165) is 16.0 Å². The minimum absolute atomic E-state index is 0.0994. The smallest absolute Gasteiger partial charge is 0.173 e. The molecule has 0 saturated heterocycles. The molecule has 0 radical (unpaired) electrons.